The lowest BCUT2D eigenvalue weighted by molar-refractivity contribution is 0.0195. The maximum absolute atomic E-state index is 13.0. The van der Waals surface area contributed by atoms with E-state index in [4.69, 9.17) is 9.47 Å². The van der Waals surface area contributed by atoms with Gasteiger partial charge in [-0.1, -0.05) is 30.3 Å². The first-order valence-corrected chi connectivity index (χ1v) is 10.2. The van der Waals surface area contributed by atoms with Gasteiger partial charge in [-0.3, -0.25) is 9.36 Å². The Morgan fingerprint density at radius 3 is 2.69 bits per heavy atom. The van der Waals surface area contributed by atoms with Gasteiger partial charge in [-0.15, -0.1) is 11.3 Å². The Bertz CT molecular complexity index is 1060. The molecule has 0 aliphatic heterocycles. The van der Waals surface area contributed by atoms with Crippen molar-refractivity contribution >= 4 is 27.5 Å². The van der Waals surface area contributed by atoms with E-state index in [0.29, 0.717) is 33.1 Å². The zero-order chi connectivity index (χ0) is 21.0. The van der Waals surface area contributed by atoms with E-state index in [1.165, 1.54) is 4.57 Å². The average molecular weight is 416 g/mol. The summed E-state index contributed by atoms with van der Waals surface area (Å²) in [6.45, 7) is 5.96. The number of aromatic nitrogens is 2. The number of fused-ring (bicyclic) bond motifs is 1. The molecule has 3 rings (SSSR count). The van der Waals surface area contributed by atoms with Crippen LogP contribution in [0.1, 0.15) is 33.5 Å². The fourth-order valence-electron chi connectivity index (χ4n) is 3.07. The number of ether oxygens (including phenoxy) is 2. The second-order valence-electron chi connectivity index (χ2n) is 6.69. The number of benzene rings is 1. The number of aryl methyl sites for hydroxylation is 2. The number of hydrogen-bond acceptors (Lipinski definition) is 7. The highest BCUT2D eigenvalue weighted by Crippen LogP contribution is 2.28. The van der Waals surface area contributed by atoms with Crippen LogP contribution in [0.3, 0.4) is 0 Å². The molecule has 154 valence electrons. The third-order valence-electron chi connectivity index (χ3n) is 4.52. The van der Waals surface area contributed by atoms with Gasteiger partial charge in [0.05, 0.1) is 37.9 Å². The minimum absolute atomic E-state index is 0.0619. The summed E-state index contributed by atoms with van der Waals surface area (Å²) in [5.41, 5.74) is 1.29. The minimum Gasteiger partial charge on any atom is -0.462 e. The number of hydrogen-bond donors (Lipinski definition) is 1. The number of thiophene rings is 1. The molecule has 0 saturated heterocycles. The average Bonchev–Trinajstić information content (AvgIpc) is 3.02. The van der Waals surface area contributed by atoms with Gasteiger partial charge in [0, 0.05) is 0 Å². The topological polar surface area (TPSA) is 90.7 Å². The highest BCUT2D eigenvalue weighted by Gasteiger charge is 2.22. The first-order valence-electron chi connectivity index (χ1n) is 9.39. The Labute approximate surface area is 172 Å². The van der Waals surface area contributed by atoms with Crippen molar-refractivity contribution in [2.45, 2.75) is 40.0 Å². The summed E-state index contributed by atoms with van der Waals surface area (Å²) in [6.07, 6.45) is -0.863. The van der Waals surface area contributed by atoms with Gasteiger partial charge in [-0.25, -0.2) is 9.78 Å². The Balaban J connectivity index is 1.77. The summed E-state index contributed by atoms with van der Waals surface area (Å²) in [5.74, 6) is 0.0206. The number of carbonyl (C=O) groups excluding carboxylic acids is 1. The van der Waals surface area contributed by atoms with Crippen molar-refractivity contribution in [3.05, 3.63) is 62.5 Å². The molecule has 0 bridgehead atoms. The van der Waals surface area contributed by atoms with Crippen molar-refractivity contribution in [2.75, 3.05) is 13.2 Å². The van der Waals surface area contributed by atoms with Crippen LogP contribution in [0, 0.1) is 13.8 Å². The SMILES string of the molecule is CCOC(=O)c1sc2nc(C)n(C[C@@H](O)COCc3ccccc3)c(=O)c2c1C. The Kier molecular flexibility index (Phi) is 6.79. The monoisotopic (exact) mass is 416 g/mol. The molecule has 3 aromatic rings. The molecule has 0 saturated carbocycles. The van der Waals surface area contributed by atoms with Crippen LogP contribution < -0.4 is 5.56 Å². The van der Waals surface area contributed by atoms with Gasteiger partial charge in [0.2, 0.25) is 0 Å². The van der Waals surface area contributed by atoms with Gasteiger partial charge in [0.1, 0.15) is 15.5 Å². The molecule has 0 unspecified atom stereocenters. The van der Waals surface area contributed by atoms with Crippen LogP contribution in [0.15, 0.2) is 35.1 Å². The smallest absolute Gasteiger partial charge is 0.348 e. The molecule has 1 N–H and O–H groups in total. The zero-order valence-corrected chi connectivity index (χ0v) is 17.5. The van der Waals surface area contributed by atoms with Crippen molar-refractivity contribution in [3.63, 3.8) is 0 Å². The van der Waals surface area contributed by atoms with E-state index in [2.05, 4.69) is 4.98 Å². The maximum atomic E-state index is 13.0. The Morgan fingerprint density at radius 1 is 1.28 bits per heavy atom. The maximum Gasteiger partial charge on any atom is 0.348 e. The molecule has 8 heteroatoms. The fraction of sp³-hybridized carbons (Fsp3) is 0.381. The summed E-state index contributed by atoms with van der Waals surface area (Å²) in [6, 6.07) is 9.66. The lowest BCUT2D eigenvalue weighted by Gasteiger charge is -2.15. The van der Waals surface area contributed by atoms with Crippen LogP contribution in [0.25, 0.3) is 10.2 Å². The molecule has 1 atom stereocenters. The zero-order valence-electron chi connectivity index (χ0n) is 16.7. The van der Waals surface area contributed by atoms with E-state index < -0.39 is 12.1 Å². The number of aliphatic hydroxyl groups excluding tert-OH is 1. The lowest BCUT2D eigenvalue weighted by Crippen LogP contribution is -2.31. The standard InChI is InChI=1S/C21H24N2O5S/c1-4-28-21(26)18-13(2)17-19(29-18)22-14(3)23(20(17)25)10-16(24)12-27-11-15-8-6-5-7-9-15/h5-9,16,24H,4,10-12H2,1-3H3/t16-/m1/s1. The number of esters is 1. The van der Waals surface area contributed by atoms with Gasteiger partial charge < -0.3 is 14.6 Å². The third kappa shape index (κ3) is 4.72. The Hall–Kier alpha value is -2.55. The molecule has 0 amide bonds. The van der Waals surface area contributed by atoms with Crippen LogP contribution >= 0.6 is 11.3 Å². The summed E-state index contributed by atoms with van der Waals surface area (Å²) < 4.78 is 12.0. The number of aliphatic hydroxyl groups is 1. The van der Waals surface area contributed by atoms with Crippen molar-refractivity contribution in [1.82, 2.24) is 9.55 Å². The second kappa shape index (κ2) is 9.30. The van der Waals surface area contributed by atoms with Crippen molar-refractivity contribution in [3.8, 4) is 0 Å². The van der Waals surface area contributed by atoms with Gasteiger partial charge in [0.15, 0.2) is 0 Å². The third-order valence-corrected chi connectivity index (χ3v) is 5.68. The van der Waals surface area contributed by atoms with Gasteiger partial charge >= 0.3 is 5.97 Å². The predicted molar refractivity (Wildman–Crippen MR) is 111 cm³/mol. The van der Waals surface area contributed by atoms with Crippen LogP contribution in [0.5, 0.6) is 0 Å². The highest BCUT2D eigenvalue weighted by atomic mass is 32.1. The van der Waals surface area contributed by atoms with Crippen LogP contribution in [-0.4, -0.2) is 39.9 Å². The first kappa shape index (κ1) is 21.2. The summed E-state index contributed by atoms with van der Waals surface area (Å²) in [4.78, 5) is 30.5. The molecular formula is C21H24N2O5S. The predicted octanol–water partition coefficient (Wildman–Crippen LogP) is 2.83. The molecule has 0 aliphatic carbocycles. The van der Waals surface area contributed by atoms with E-state index in [-0.39, 0.29) is 25.3 Å². The van der Waals surface area contributed by atoms with E-state index >= 15 is 0 Å². The van der Waals surface area contributed by atoms with E-state index in [9.17, 15) is 14.7 Å². The molecular weight excluding hydrogens is 392 g/mol. The minimum atomic E-state index is -0.863. The number of rotatable bonds is 8. The number of carbonyl (C=O) groups is 1. The van der Waals surface area contributed by atoms with Crippen molar-refractivity contribution in [1.29, 1.82) is 0 Å². The quantitative estimate of drug-likeness (QED) is 0.568. The molecule has 0 spiro atoms. The second-order valence-corrected chi connectivity index (χ2v) is 7.69. The lowest BCUT2D eigenvalue weighted by atomic mass is 10.2. The van der Waals surface area contributed by atoms with E-state index in [1.54, 1.807) is 20.8 Å². The van der Waals surface area contributed by atoms with Crippen molar-refractivity contribution in [2.24, 2.45) is 0 Å². The van der Waals surface area contributed by atoms with Crippen LogP contribution in [-0.2, 0) is 22.6 Å². The number of nitrogens with zero attached hydrogens (tertiary/aromatic N) is 2. The molecule has 1 aromatic carbocycles. The molecule has 0 radical (unpaired) electrons. The van der Waals surface area contributed by atoms with Gasteiger partial charge in [0.25, 0.3) is 5.56 Å². The highest BCUT2D eigenvalue weighted by molar-refractivity contribution is 7.20. The van der Waals surface area contributed by atoms with Crippen molar-refractivity contribution < 1.29 is 19.4 Å². The Morgan fingerprint density at radius 2 is 2.00 bits per heavy atom. The normalized spacial score (nSPS) is 12.3. The fourth-order valence-corrected chi connectivity index (χ4v) is 4.19. The molecule has 7 nitrogen and oxygen atoms in total. The van der Waals surface area contributed by atoms with Gasteiger partial charge in [-0.05, 0) is 31.9 Å². The largest absolute Gasteiger partial charge is 0.462 e. The summed E-state index contributed by atoms with van der Waals surface area (Å²) >= 11 is 1.15. The molecule has 0 aliphatic rings. The van der Waals surface area contributed by atoms with Crippen LogP contribution in [0.2, 0.25) is 0 Å². The summed E-state index contributed by atoms with van der Waals surface area (Å²) in [5, 5.41) is 10.7. The molecule has 0 fully saturated rings. The summed E-state index contributed by atoms with van der Waals surface area (Å²) in [7, 11) is 0. The van der Waals surface area contributed by atoms with E-state index in [0.717, 1.165) is 16.9 Å². The van der Waals surface area contributed by atoms with Gasteiger partial charge in [-0.2, -0.15) is 0 Å². The first-order chi connectivity index (χ1) is 13.9. The van der Waals surface area contributed by atoms with Crippen LogP contribution in [0.4, 0.5) is 0 Å². The van der Waals surface area contributed by atoms with E-state index in [1.807, 2.05) is 30.3 Å². The molecule has 2 aromatic heterocycles. The molecule has 29 heavy (non-hydrogen) atoms. The molecule has 2 heterocycles.